The highest BCUT2D eigenvalue weighted by atomic mass is 31.2. The minimum absolute atomic E-state index is 0.00453. The van der Waals surface area contributed by atoms with Gasteiger partial charge in [0.2, 0.25) is 5.75 Å². The van der Waals surface area contributed by atoms with Crippen molar-refractivity contribution in [1.29, 1.82) is 0 Å². The molecule has 10 nitrogen and oxygen atoms in total. The maximum absolute atomic E-state index is 13.5. The van der Waals surface area contributed by atoms with Gasteiger partial charge in [-0.05, 0) is 55.0 Å². The summed E-state index contributed by atoms with van der Waals surface area (Å²) in [5, 5.41) is 11.9. The topological polar surface area (TPSA) is 105 Å². The lowest BCUT2D eigenvalue weighted by Gasteiger charge is -2.24. The van der Waals surface area contributed by atoms with Gasteiger partial charge in [-0.1, -0.05) is 6.07 Å². The molecule has 0 unspecified atom stereocenters. The number of benzene rings is 2. The molecule has 0 radical (unpaired) electrons. The SMILES string of the molecule is O=C1c2cc(Oc3c([N+](=O)[O-])ccc4c3CC[C@H]4OP(=O)(N3CC3)N3CC3)ccc2CN1C1CC1. The number of fused-ring (bicyclic) bond motifs is 2. The van der Waals surface area contributed by atoms with Gasteiger partial charge in [-0.25, -0.2) is 9.34 Å². The van der Waals surface area contributed by atoms with Crippen LogP contribution in [0.4, 0.5) is 5.69 Å². The normalized spacial score (nSPS) is 23.4. The maximum atomic E-state index is 13.5. The number of amides is 1. The molecule has 182 valence electrons. The average molecular weight is 496 g/mol. The van der Waals surface area contributed by atoms with E-state index in [1.54, 1.807) is 18.2 Å². The van der Waals surface area contributed by atoms with E-state index in [4.69, 9.17) is 9.26 Å². The maximum Gasteiger partial charge on any atom is 0.346 e. The van der Waals surface area contributed by atoms with Crippen LogP contribution in [0.25, 0.3) is 0 Å². The zero-order valence-electron chi connectivity index (χ0n) is 19.1. The molecule has 3 aliphatic heterocycles. The summed E-state index contributed by atoms with van der Waals surface area (Å²) >= 11 is 0. The van der Waals surface area contributed by atoms with E-state index in [1.807, 2.05) is 20.3 Å². The van der Waals surface area contributed by atoms with Crippen LogP contribution in [-0.4, -0.2) is 57.3 Å². The number of ether oxygens (including phenoxy) is 1. The van der Waals surface area contributed by atoms with Crippen LogP contribution >= 0.6 is 7.67 Å². The number of hydrogen-bond acceptors (Lipinski definition) is 6. The summed E-state index contributed by atoms with van der Waals surface area (Å²) in [5.41, 5.74) is 2.92. The summed E-state index contributed by atoms with van der Waals surface area (Å²) in [5.74, 6) is 0.570. The smallest absolute Gasteiger partial charge is 0.346 e. The quantitative estimate of drug-likeness (QED) is 0.231. The number of rotatable bonds is 8. The second-order valence-electron chi connectivity index (χ2n) is 9.85. The van der Waals surface area contributed by atoms with Gasteiger partial charge < -0.3 is 9.64 Å². The number of nitro benzene ring substituents is 1. The third-order valence-electron chi connectivity index (χ3n) is 7.42. The lowest BCUT2D eigenvalue weighted by molar-refractivity contribution is -0.385. The van der Waals surface area contributed by atoms with Crippen LogP contribution in [0.3, 0.4) is 0 Å². The van der Waals surface area contributed by atoms with E-state index in [-0.39, 0.29) is 17.3 Å². The Labute approximate surface area is 202 Å². The van der Waals surface area contributed by atoms with Gasteiger partial charge >= 0.3 is 13.4 Å². The van der Waals surface area contributed by atoms with Crippen molar-refractivity contribution < 1.29 is 23.5 Å². The molecule has 2 aromatic carbocycles. The summed E-state index contributed by atoms with van der Waals surface area (Å²) in [4.78, 5) is 26.2. The van der Waals surface area contributed by atoms with Crippen LogP contribution in [0.1, 0.15) is 52.4 Å². The summed E-state index contributed by atoms with van der Waals surface area (Å²) in [6, 6.07) is 8.79. The van der Waals surface area contributed by atoms with Crippen LogP contribution in [0, 0.1) is 10.1 Å². The molecule has 3 fully saturated rings. The molecule has 3 heterocycles. The molecule has 5 aliphatic rings. The predicted molar refractivity (Wildman–Crippen MR) is 125 cm³/mol. The Bertz CT molecular complexity index is 1300. The number of nitro groups is 1. The van der Waals surface area contributed by atoms with E-state index in [0.717, 1.165) is 50.1 Å². The van der Waals surface area contributed by atoms with Gasteiger partial charge in [0, 0.05) is 56.0 Å². The van der Waals surface area contributed by atoms with Crippen molar-refractivity contribution in [2.45, 2.75) is 44.4 Å². The molecule has 11 heteroatoms. The molecular formula is C24H25N4O6P. The second-order valence-corrected chi connectivity index (χ2v) is 12.2. The third-order valence-corrected chi connectivity index (χ3v) is 10.2. The van der Waals surface area contributed by atoms with Crippen molar-refractivity contribution in [3.8, 4) is 11.5 Å². The largest absolute Gasteiger partial charge is 0.450 e. The Kier molecular flexibility index (Phi) is 4.67. The molecule has 1 atom stereocenters. The first kappa shape index (κ1) is 21.5. The van der Waals surface area contributed by atoms with Crippen molar-refractivity contribution in [3.05, 3.63) is 62.7 Å². The lowest BCUT2D eigenvalue weighted by atomic mass is 10.1. The van der Waals surface area contributed by atoms with Crippen molar-refractivity contribution in [2.24, 2.45) is 0 Å². The highest BCUT2D eigenvalue weighted by Gasteiger charge is 2.51. The Hall–Kier alpha value is -2.78. The first-order valence-corrected chi connectivity index (χ1v) is 13.7. The highest BCUT2D eigenvalue weighted by molar-refractivity contribution is 7.54. The number of carbonyl (C=O) groups excluding carboxylic acids is 1. The van der Waals surface area contributed by atoms with Gasteiger partial charge in [-0.3, -0.25) is 24.0 Å². The van der Waals surface area contributed by atoms with E-state index in [9.17, 15) is 19.5 Å². The molecule has 1 saturated carbocycles. The fraction of sp³-hybridized carbons (Fsp3) is 0.458. The van der Waals surface area contributed by atoms with E-state index >= 15 is 0 Å². The zero-order chi connectivity index (χ0) is 23.9. The van der Waals surface area contributed by atoms with Crippen LogP contribution in [-0.2, 0) is 22.1 Å². The fourth-order valence-electron chi connectivity index (χ4n) is 5.23. The standard InChI is InChI=1S/C24H25N4O6P/c29-24-20-13-17(4-1-15(20)14-27(24)16-2-3-16)33-23-19-6-8-22(18(19)5-7-21(23)28(30)31)34-35(32,25-9-10-25)26-11-12-26/h1,4-5,7,13,16,22H,2-3,6,8-12,14H2/t22-/m1/s1. The number of carbonyl (C=O) groups is 1. The van der Waals surface area contributed by atoms with E-state index in [2.05, 4.69) is 0 Å². The first-order chi connectivity index (χ1) is 16.9. The summed E-state index contributed by atoms with van der Waals surface area (Å²) in [6.45, 7) is 3.65. The van der Waals surface area contributed by atoms with Gasteiger partial charge in [0.15, 0.2) is 0 Å². The van der Waals surface area contributed by atoms with Gasteiger partial charge in [-0.2, -0.15) is 0 Å². The molecule has 2 saturated heterocycles. The molecule has 0 aromatic heterocycles. The van der Waals surface area contributed by atoms with Gasteiger partial charge in [0.25, 0.3) is 5.91 Å². The van der Waals surface area contributed by atoms with Crippen LogP contribution in [0.2, 0.25) is 0 Å². The van der Waals surface area contributed by atoms with Gasteiger partial charge in [0.05, 0.1) is 11.0 Å². The first-order valence-electron chi connectivity index (χ1n) is 12.1. The number of nitrogens with zero attached hydrogens (tertiary/aromatic N) is 4. The molecule has 0 bridgehead atoms. The third kappa shape index (κ3) is 3.59. The summed E-state index contributed by atoms with van der Waals surface area (Å²) < 4.78 is 29.6. The number of hydrogen-bond donors (Lipinski definition) is 0. The fourth-order valence-corrected chi connectivity index (χ4v) is 7.59. The molecule has 35 heavy (non-hydrogen) atoms. The van der Waals surface area contributed by atoms with Crippen LogP contribution < -0.4 is 4.74 Å². The van der Waals surface area contributed by atoms with Crippen molar-refractivity contribution in [3.63, 3.8) is 0 Å². The second kappa shape index (κ2) is 7.61. The molecule has 2 aromatic rings. The molecule has 7 rings (SSSR count). The Morgan fingerprint density at radius 2 is 1.77 bits per heavy atom. The lowest BCUT2D eigenvalue weighted by Crippen LogP contribution is -2.25. The van der Waals surface area contributed by atoms with Crippen LogP contribution in [0.5, 0.6) is 11.5 Å². The Balaban J connectivity index is 1.20. The molecule has 2 aliphatic carbocycles. The monoisotopic (exact) mass is 496 g/mol. The molecular weight excluding hydrogens is 471 g/mol. The van der Waals surface area contributed by atoms with E-state index in [0.29, 0.717) is 42.3 Å². The van der Waals surface area contributed by atoms with Crippen molar-refractivity contribution in [2.75, 3.05) is 26.2 Å². The Morgan fingerprint density at radius 1 is 1.03 bits per heavy atom. The molecule has 1 amide bonds. The van der Waals surface area contributed by atoms with Crippen LogP contribution in [0.15, 0.2) is 30.3 Å². The van der Waals surface area contributed by atoms with Gasteiger partial charge in [-0.15, -0.1) is 0 Å². The average Bonchev–Trinajstić information content (AvgIpc) is 3.71. The minimum Gasteiger partial charge on any atom is -0.450 e. The molecule has 0 spiro atoms. The highest BCUT2D eigenvalue weighted by Crippen LogP contribution is 2.64. The predicted octanol–water partition coefficient (Wildman–Crippen LogP) is 4.25. The Morgan fingerprint density at radius 3 is 2.43 bits per heavy atom. The van der Waals surface area contributed by atoms with E-state index in [1.165, 1.54) is 6.07 Å². The molecule has 0 N–H and O–H groups in total. The van der Waals surface area contributed by atoms with E-state index < -0.39 is 18.7 Å². The van der Waals surface area contributed by atoms with Gasteiger partial charge in [0.1, 0.15) is 5.75 Å². The summed E-state index contributed by atoms with van der Waals surface area (Å²) in [6.07, 6.45) is 2.77. The van der Waals surface area contributed by atoms with Crippen molar-refractivity contribution >= 4 is 19.3 Å². The van der Waals surface area contributed by atoms with Crippen molar-refractivity contribution in [1.82, 2.24) is 14.2 Å². The summed E-state index contributed by atoms with van der Waals surface area (Å²) in [7, 11) is -3.03. The zero-order valence-corrected chi connectivity index (χ0v) is 20.0. The minimum atomic E-state index is -3.03.